The number of hydrogen-bond acceptors (Lipinski definition) is 4. The lowest BCUT2D eigenvalue weighted by Crippen LogP contribution is -2.41. The number of piperidine rings is 1. The molecule has 2 heterocycles. The van der Waals surface area contributed by atoms with Crippen LogP contribution in [-0.4, -0.2) is 34.2 Å². The van der Waals surface area contributed by atoms with Gasteiger partial charge in [-0.05, 0) is 38.4 Å². The third-order valence-corrected chi connectivity index (χ3v) is 4.31. The van der Waals surface area contributed by atoms with Crippen LogP contribution in [0.25, 0.3) is 11.5 Å². The van der Waals surface area contributed by atoms with E-state index < -0.39 is 11.6 Å². The molecule has 1 N–H and O–H groups in total. The van der Waals surface area contributed by atoms with Crippen molar-refractivity contribution < 1.29 is 18.3 Å². The highest BCUT2D eigenvalue weighted by atomic mass is 19.1. The van der Waals surface area contributed by atoms with E-state index in [0.29, 0.717) is 12.3 Å². The van der Waals surface area contributed by atoms with Gasteiger partial charge in [-0.25, -0.2) is 13.8 Å². The molecule has 0 spiro atoms. The first-order valence-corrected chi connectivity index (χ1v) is 7.84. The first kappa shape index (κ1) is 16.1. The van der Waals surface area contributed by atoms with Gasteiger partial charge in [0.05, 0.1) is 12.3 Å². The number of oxazole rings is 1. The monoisotopic (exact) mass is 322 g/mol. The molecule has 0 bridgehead atoms. The lowest BCUT2D eigenvalue weighted by molar-refractivity contribution is 0.0828. The molecule has 2 aromatic rings. The summed E-state index contributed by atoms with van der Waals surface area (Å²) in [6, 6.07) is 3.36. The van der Waals surface area contributed by atoms with Crippen LogP contribution >= 0.6 is 0 Å². The number of aliphatic hydroxyl groups is 1. The predicted octanol–water partition coefficient (Wildman–Crippen LogP) is 3.28. The quantitative estimate of drug-likeness (QED) is 0.938. The van der Waals surface area contributed by atoms with E-state index in [1.54, 1.807) is 6.92 Å². The first-order chi connectivity index (χ1) is 11.1. The van der Waals surface area contributed by atoms with E-state index in [1.165, 1.54) is 12.1 Å². The Labute approximate surface area is 133 Å². The summed E-state index contributed by atoms with van der Waals surface area (Å²) < 4.78 is 32.3. The van der Waals surface area contributed by atoms with Gasteiger partial charge in [0.2, 0.25) is 5.89 Å². The first-order valence-electron chi connectivity index (χ1n) is 7.84. The molecule has 6 heteroatoms. The van der Waals surface area contributed by atoms with Crippen molar-refractivity contribution in [2.45, 2.75) is 38.8 Å². The van der Waals surface area contributed by atoms with Crippen molar-refractivity contribution >= 4 is 0 Å². The second-order valence-corrected chi connectivity index (χ2v) is 5.98. The largest absolute Gasteiger partial charge is 0.441 e. The van der Waals surface area contributed by atoms with Crippen molar-refractivity contribution in [1.29, 1.82) is 0 Å². The Morgan fingerprint density at radius 1 is 1.26 bits per heavy atom. The lowest BCUT2D eigenvalue weighted by atomic mass is 10.0. The molecule has 1 aliphatic rings. The molecule has 0 saturated carbocycles. The highest BCUT2D eigenvalue weighted by Gasteiger charge is 2.24. The van der Waals surface area contributed by atoms with Gasteiger partial charge in [-0.3, -0.25) is 4.90 Å². The second-order valence-electron chi connectivity index (χ2n) is 5.98. The molecule has 0 radical (unpaired) electrons. The van der Waals surface area contributed by atoms with E-state index in [2.05, 4.69) is 9.88 Å². The number of nitrogens with zero attached hydrogens (tertiary/aromatic N) is 2. The number of likely N-dealkylation sites (tertiary alicyclic amines) is 1. The standard InChI is InChI=1S/C17H20F2N2O2/c1-11-16(9-21-5-3-2-4-15(21)10-22)20-17(23-11)12-6-13(18)8-14(19)7-12/h6-8,15,22H,2-5,9-10H2,1H3. The summed E-state index contributed by atoms with van der Waals surface area (Å²) in [5.41, 5.74) is 1.03. The molecule has 3 rings (SSSR count). The average molecular weight is 322 g/mol. The molecular weight excluding hydrogens is 302 g/mol. The van der Waals surface area contributed by atoms with Gasteiger partial charge in [-0.1, -0.05) is 6.42 Å². The van der Waals surface area contributed by atoms with Crippen LogP contribution in [0.2, 0.25) is 0 Å². The van der Waals surface area contributed by atoms with Crippen LogP contribution in [0, 0.1) is 18.6 Å². The zero-order valence-electron chi connectivity index (χ0n) is 13.1. The fraction of sp³-hybridized carbons (Fsp3) is 0.471. The molecule has 1 unspecified atom stereocenters. The fourth-order valence-corrected chi connectivity index (χ4v) is 3.04. The van der Waals surface area contributed by atoms with Gasteiger partial charge in [-0.2, -0.15) is 0 Å². The molecule has 1 aliphatic heterocycles. The summed E-state index contributed by atoms with van der Waals surface area (Å²) in [4.78, 5) is 6.59. The van der Waals surface area contributed by atoms with Gasteiger partial charge in [0.15, 0.2) is 0 Å². The molecule has 1 aromatic carbocycles. The number of aryl methyl sites for hydroxylation is 1. The molecule has 0 aliphatic carbocycles. The Balaban J connectivity index is 1.83. The zero-order chi connectivity index (χ0) is 16.4. The number of halogens is 2. The van der Waals surface area contributed by atoms with Gasteiger partial charge in [0, 0.05) is 24.2 Å². The van der Waals surface area contributed by atoms with Gasteiger partial charge < -0.3 is 9.52 Å². The normalized spacial score (nSPS) is 19.2. The second kappa shape index (κ2) is 6.76. The maximum atomic E-state index is 13.3. The van der Waals surface area contributed by atoms with Crippen LogP contribution in [-0.2, 0) is 6.54 Å². The molecule has 1 aromatic heterocycles. The number of aliphatic hydroxyl groups excluding tert-OH is 1. The summed E-state index contributed by atoms with van der Waals surface area (Å²) >= 11 is 0. The van der Waals surface area contributed by atoms with Gasteiger partial charge >= 0.3 is 0 Å². The topological polar surface area (TPSA) is 49.5 Å². The van der Waals surface area contributed by atoms with Crippen LogP contribution < -0.4 is 0 Å². The van der Waals surface area contributed by atoms with Crippen molar-refractivity contribution in [2.75, 3.05) is 13.2 Å². The minimum absolute atomic E-state index is 0.124. The Kier molecular flexibility index (Phi) is 4.73. The van der Waals surface area contributed by atoms with Gasteiger partial charge in [0.1, 0.15) is 17.4 Å². The minimum atomic E-state index is -0.659. The smallest absolute Gasteiger partial charge is 0.226 e. The summed E-state index contributed by atoms with van der Waals surface area (Å²) in [5.74, 6) is -0.469. The summed E-state index contributed by atoms with van der Waals surface area (Å²) in [7, 11) is 0. The van der Waals surface area contributed by atoms with Crippen molar-refractivity contribution in [2.24, 2.45) is 0 Å². The maximum absolute atomic E-state index is 13.3. The molecule has 0 amide bonds. The molecular formula is C17H20F2N2O2. The van der Waals surface area contributed by atoms with E-state index in [0.717, 1.165) is 37.6 Å². The van der Waals surface area contributed by atoms with E-state index in [-0.39, 0.29) is 24.1 Å². The van der Waals surface area contributed by atoms with Crippen LogP contribution in [0.3, 0.4) is 0 Å². The number of aromatic nitrogens is 1. The highest BCUT2D eigenvalue weighted by molar-refractivity contribution is 5.53. The minimum Gasteiger partial charge on any atom is -0.441 e. The van der Waals surface area contributed by atoms with Crippen LogP contribution in [0.4, 0.5) is 8.78 Å². The van der Waals surface area contributed by atoms with Crippen molar-refractivity contribution in [1.82, 2.24) is 9.88 Å². The number of rotatable bonds is 4. The zero-order valence-corrected chi connectivity index (χ0v) is 13.1. The molecule has 23 heavy (non-hydrogen) atoms. The highest BCUT2D eigenvalue weighted by Crippen LogP contribution is 2.26. The summed E-state index contributed by atoms with van der Waals surface area (Å²) in [6.07, 6.45) is 3.18. The average Bonchev–Trinajstić information content (AvgIpc) is 2.88. The van der Waals surface area contributed by atoms with Crippen molar-refractivity contribution in [3.05, 3.63) is 41.3 Å². The van der Waals surface area contributed by atoms with Gasteiger partial charge in [-0.15, -0.1) is 0 Å². The summed E-state index contributed by atoms with van der Waals surface area (Å²) in [6.45, 7) is 3.39. The number of benzene rings is 1. The molecule has 1 fully saturated rings. The van der Waals surface area contributed by atoms with E-state index in [9.17, 15) is 13.9 Å². The van der Waals surface area contributed by atoms with Gasteiger partial charge in [0.25, 0.3) is 0 Å². The Bertz CT molecular complexity index is 667. The van der Waals surface area contributed by atoms with E-state index in [4.69, 9.17) is 4.42 Å². The lowest BCUT2D eigenvalue weighted by Gasteiger charge is -2.33. The van der Waals surface area contributed by atoms with Crippen molar-refractivity contribution in [3.8, 4) is 11.5 Å². The van der Waals surface area contributed by atoms with Crippen LogP contribution in [0.1, 0.15) is 30.7 Å². The third kappa shape index (κ3) is 3.59. The molecule has 4 nitrogen and oxygen atoms in total. The molecule has 1 saturated heterocycles. The van der Waals surface area contributed by atoms with E-state index in [1.807, 2.05) is 0 Å². The summed E-state index contributed by atoms with van der Waals surface area (Å²) in [5, 5.41) is 9.48. The number of hydrogen-bond donors (Lipinski definition) is 1. The van der Waals surface area contributed by atoms with Crippen LogP contribution in [0.5, 0.6) is 0 Å². The fourth-order valence-electron chi connectivity index (χ4n) is 3.04. The van der Waals surface area contributed by atoms with E-state index >= 15 is 0 Å². The Hall–Kier alpha value is -1.79. The maximum Gasteiger partial charge on any atom is 0.226 e. The predicted molar refractivity (Wildman–Crippen MR) is 81.7 cm³/mol. The molecule has 1 atom stereocenters. The van der Waals surface area contributed by atoms with Crippen LogP contribution in [0.15, 0.2) is 22.6 Å². The molecule has 124 valence electrons. The Morgan fingerprint density at radius 2 is 2.00 bits per heavy atom. The SMILES string of the molecule is Cc1oc(-c2cc(F)cc(F)c2)nc1CN1CCCCC1CO. The Morgan fingerprint density at radius 3 is 2.70 bits per heavy atom. The van der Waals surface area contributed by atoms with Crippen molar-refractivity contribution in [3.63, 3.8) is 0 Å². The third-order valence-electron chi connectivity index (χ3n) is 4.31.